The molecule has 0 spiro atoms. The average Bonchev–Trinajstić information content (AvgIpc) is 2.08. The molecule has 0 saturated carbocycles. The molecule has 4 heteroatoms. The molecule has 0 unspecified atom stereocenters. The lowest BCUT2D eigenvalue weighted by Gasteiger charge is -2.06. The maximum Gasteiger partial charge on any atom is 0.221 e. The summed E-state index contributed by atoms with van der Waals surface area (Å²) in [7, 11) is 0. The van der Waals surface area contributed by atoms with Crippen LogP contribution in [-0.4, -0.2) is 5.91 Å². The first kappa shape index (κ1) is 10.0. The highest BCUT2D eigenvalue weighted by atomic mass is 35.5. The van der Waals surface area contributed by atoms with Gasteiger partial charge in [0.05, 0.1) is 10.7 Å². The van der Waals surface area contributed by atoms with Crippen molar-refractivity contribution in [3.63, 3.8) is 0 Å². The second-order valence-electron chi connectivity index (χ2n) is 2.70. The van der Waals surface area contributed by atoms with Crippen LogP contribution in [0.2, 0.25) is 5.02 Å². The molecule has 3 N–H and O–H groups in total. The van der Waals surface area contributed by atoms with E-state index in [4.69, 9.17) is 17.3 Å². The van der Waals surface area contributed by atoms with Crippen molar-refractivity contribution in [3.8, 4) is 0 Å². The standard InChI is InChI=1S/C9H11ClN2O/c1-6(13)12-9-4-7(5-11)2-3-8(9)10/h2-4H,5,11H2,1H3,(H,12,13). The van der Waals surface area contributed by atoms with Crippen molar-refractivity contribution in [3.05, 3.63) is 28.8 Å². The molecular weight excluding hydrogens is 188 g/mol. The molecule has 0 aliphatic carbocycles. The van der Waals surface area contributed by atoms with Crippen LogP contribution in [0.5, 0.6) is 0 Å². The fourth-order valence-electron chi connectivity index (χ4n) is 0.985. The van der Waals surface area contributed by atoms with Crippen molar-refractivity contribution >= 4 is 23.2 Å². The molecule has 1 aromatic carbocycles. The van der Waals surface area contributed by atoms with Crippen LogP contribution in [0.3, 0.4) is 0 Å². The minimum Gasteiger partial charge on any atom is -0.326 e. The smallest absolute Gasteiger partial charge is 0.221 e. The van der Waals surface area contributed by atoms with Crippen LogP contribution in [0.4, 0.5) is 5.69 Å². The molecule has 70 valence electrons. The molecule has 1 rings (SSSR count). The molecule has 0 radical (unpaired) electrons. The number of hydrogen-bond acceptors (Lipinski definition) is 2. The highest BCUT2D eigenvalue weighted by Gasteiger charge is 2.02. The molecule has 0 aliphatic rings. The van der Waals surface area contributed by atoms with Gasteiger partial charge in [-0.15, -0.1) is 0 Å². The van der Waals surface area contributed by atoms with Gasteiger partial charge >= 0.3 is 0 Å². The van der Waals surface area contributed by atoms with E-state index in [1.165, 1.54) is 6.92 Å². The Morgan fingerprint density at radius 2 is 2.31 bits per heavy atom. The molecule has 0 aromatic heterocycles. The van der Waals surface area contributed by atoms with Crippen LogP contribution in [-0.2, 0) is 11.3 Å². The number of hydrogen-bond donors (Lipinski definition) is 2. The first-order valence-corrected chi connectivity index (χ1v) is 4.27. The van der Waals surface area contributed by atoms with Gasteiger partial charge in [0.2, 0.25) is 5.91 Å². The minimum absolute atomic E-state index is 0.143. The van der Waals surface area contributed by atoms with Crippen molar-refractivity contribution in [2.45, 2.75) is 13.5 Å². The third-order valence-electron chi connectivity index (χ3n) is 1.58. The first-order chi connectivity index (χ1) is 6.13. The number of rotatable bonds is 2. The van der Waals surface area contributed by atoms with Crippen molar-refractivity contribution in [2.75, 3.05) is 5.32 Å². The highest BCUT2D eigenvalue weighted by Crippen LogP contribution is 2.22. The molecule has 0 fully saturated rings. The number of nitrogens with two attached hydrogens (primary N) is 1. The quantitative estimate of drug-likeness (QED) is 0.761. The SMILES string of the molecule is CC(=O)Nc1cc(CN)ccc1Cl. The van der Waals surface area contributed by atoms with E-state index >= 15 is 0 Å². The lowest BCUT2D eigenvalue weighted by atomic mass is 10.2. The molecule has 0 saturated heterocycles. The Hall–Kier alpha value is -1.06. The highest BCUT2D eigenvalue weighted by molar-refractivity contribution is 6.33. The van der Waals surface area contributed by atoms with Gasteiger partial charge in [-0.1, -0.05) is 17.7 Å². The first-order valence-electron chi connectivity index (χ1n) is 3.89. The summed E-state index contributed by atoms with van der Waals surface area (Å²) in [5.41, 5.74) is 6.99. The third-order valence-corrected chi connectivity index (χ3v) is 1.91. The summed E-state index contributed by atoms with van der Waals surface area (Å²) in [4.78, 5) is 10.8. The maximum absolute atomic E-state index is 10.8. The fourth-order valence-corrected chi connectivity index (χ4v) is 1.15. The summed E-state index contributed by atoms with van der Waals surface area (Å²) >= 11 is 5.84. The summed E-state index contributed by atoms with van der Waals surface area (Å²) in [5.74, 6) is -0.143. The van der Waals surface area contributed by atoms with Gasteiger partial charge in [-0.25, -0.2) is 0 Å². The molecule has 0 aliphatic heterocycles. The van der Waals surface area contributed by atoms with Gasteiger partial charge in [0.1, 0.15) is 0 Å². The molecule has 0 atom stereocenters. The predicted molar refractivity (Wildman–Crippen MR) is 53.6 cm³/mol. The monoisotopic (exact) mass is 198 g/mol. The van der Waals surface area contributed by atoms with Gasteiger partial charge in [-0.3, -0.25) is 4.79 Å². The third kappa shape index (κ3) is 2.72. The van der Waals surface area contributed by atoms with Gasteiger partial charge in [-0.05, 0) is 17.7 Å². The number of amides is 1. The van der Waals surface area contributed by atoms with Crippen LogP contribution in [0.25, 0.3) is 0 Å². The van der Waals surface area contributed by atoms with Crippen molar-refractivity contribution < 1.29 is 4.79 Å². The fraction of sp³-hybridized carbons (Fsp3) is 0.222. The lowest BCUT2D eigenvalue weighted by Crippen LogP contribution is -2.07. The van der Waals surface area contributed by atoms with E-state index in [9.17, 15) is 4.79 Å². The van der Waals surface area contributed by atoms with Gasteiger partial charge < -0.3 is 11.1 Å². The number of carbonyl (C=O) groups is 1. The number of benzene rings is 1. The predicted octanol–water partition coefficient (Wildman–Crippen LogP) is 1.76. The van der Waals surface area contributed by atoms with E-state index in [0.29, 0.717) is 17.3 Å². The summed E-state index contributed by atoms with van der Waals surface area (Å²) in [5, 5.41) is 3.14. The second kappa shape index (κ2) is 4.25. The summed E-state index contributed by atoms with van der Waals surface area (Å²) < 4.78 is 0. The molecule has 1 aromatic rings. The largest absolute Gasteiger partial charge is 0.326 e. The Kier molecular flexibility index (Phi) is 3.28. The minimum atomic E-state index is -0.143. The topological polar surface area (TPSA) is 55.1 Å². The van der Waals surface area contributed by atoms with E-state index in [1.54, 1.807) is 12.1 Å². The van der Waals surface area contributed by atoms with E-state index < -0.39 is 0 Å². The lowest BCUT2D eigenvalue weighted by molar-refractivity contribution is -0.114. The van der Waals surface area contributed by atoms with E-state index in [0.717, 1.165) is 5.56 Å². The Morgan fingerprint density at radius 1 is 1.62 bits per heavy atom. The molecule has 13 heavy (non-hydrogen) atoms. The van der Waals surface area contributed by atoms with Crippen LogP contribution >= 0.6 is 11.6 Å². The van der Waals surface area contributed by atoms with Gasteiger partial charge in [0.25, 0.3) is 0 Å². The van der Waals surface area contributed by atoms with Gasteiger partial charge in [0.15, 0.2) is 0 Å². The van der Waals surface area contributed by atoms with E-state index in [1.807, 2.05) is 6.07 Å². The molecule has 1 amide bonds. The van der Waals surface area contributed by atoms with Crippen molar-refractivity contribution in [1.29, 1.82) is 0 Å². The molecule has 0 bridgehead atoms. The second-order valence-corrected chi connectivity index (χ2v) is 3.11. The van der Waals surface area contributed by atoms with E-state index in [2.05, 4.69) is 5.32 Å². The zero-order chi connectivity index (χ0) is 9.84. The number of halogens is 1. The zero-order valence-corrected chi connectivity index (χ0v) is 8.06. The molecule has 3 nitrogen and oxygen atoms in total. The van der Waals surface area contributed by atoms with Crippen LogP contribution in [0.15, 0.2) is 18.2 Å². The summed E-state index contributed by atoms with van der Waals surface area (Å²) in [6.45, 7) is 1.87. The van der Waals surface area contributed by atoms with Crippen LogP contribution < -0.4 is 11.1 Å². The number of nitrogens with one attached hydrogen (secondary N) is 1. The summed E-state index contributed by atoms with van der Waals surface area (Å²) in [6, 6.07) is 5.31. The van der Waals surface area contributed by atoms with E-state index in [-0.39, 0.29) is 5.91 Å². The van der Waals surface area contributed by atoms with Crippen LogP contribution in [0, 0.1) is 0 Å². The van der Waals surface area contributed by atoms with Gasteiger partial charge in [0, 0.05) is 13.5 Å². The molecular formula is C9H11ClN2O. The number of carbonyl (C=O) groups excluding carboxylic acids is 1. The Labute approximate surface area is 81.9 Å². The zero-order valence-electron chi connectivity index (χ0n) is 7.30. The maximum atomic E-state index is 10.8. The normalized spacial score (nSPS) is 9.77. The Bertz CT molecular complexity index is 325. The van der Waals surface area contributed by atoms with Crippen LogP contribution in [0.1, 0.15) is 12.5 Å². The van der Waals surface area contributed by atoms with Crippen molar-refractivity contribution in [2.24, 2.45) is 5.73 Å². The Balaban J connectivity index is 2.96. The Morgan fingerprint density at radius 3 is 2.85 bits per heavy atom. The number of anilines is 1. The van der Waals surface area contributed by atoms with Crippen molar-refractivity contribution in [1.82, 2.24) is 0 Å². The molecule has 0 heterocycles. The average molecular weight is 199 g/mol. The van der Waals surface area contributed by atoms with Gasteiger partial charge in [-0.2, -0.15) is 0 Å². The summed E-state index contributed by atoms with van der Waals surface area (Å²) in [6.07, 6.45) is 0.